The Morgan fingerprint density at radius 2 is 1.82 bits per heavy atom. The number of fused-ring (bicyclic) bond motifs is 1. The van der Waals surface area contributed by atoms with Crippen molar-refractivity contribution >= 4 is 21.9 Å². The highest BCUT2D eigenvalue weighted by Gasteiger charge is 2.69. The van der Waals surface area contributed by atoms with Gasteiger partial charge in [0.25, 0.3) is 0 Å². The van der Waals surface area contributed by atoms with Crippen LogP contribution in [0, 0.1) is 34.5 Å². The summed E-state index contributed by atoms with van der Waals surface area (Å²) in [5, 5.41) is 0. The molecule has 3 saturated carbocycles. The van der Waals surface area contributed by atoms with E-state index in [-0.39, 0.29) is 12.1 Å². The molecule has 3 rings (SSSR count). The molecule has 6 atom stereocenters. The van der Waals surface area contributed by atoms with Crippen LogP contribution in [0.2, 0.25) is 0 Å². The predicted octanol–water partition coefficient (Wildman–Crippen LogP) is 5.19. The summed E-state index contributed by atoms with van der Waals surface area (Å²) in [6.07, 6.45) is 5.42. The Morgan fingerprint density at radius 3 is 2.36 bits per heavy atom. The molecule has 1 spiro atoms. The van der Waals surface area contributed by atoms with Crippen LogP contribution >= 0.6 is 15.9 Å². The molecule has 0 aromatic heterocycles. The van der Waals surface area contributed by atoms with Gasteiger partial charge in [-0.05, 0) is 81.0 Å². The fraction of sp³-hybridized carbons (Fsp3) is 0.947. The van der Waals surface area contributed by atoms with Crippen LogP contribution in [0.15, 0.2) is 0 Å². The van der Waals surface area contributed by atoms with Crippen LogP contribution < -0.4 is 0 Å². The van der Waals surface area contributed by atoms with Gasteiger partial charge in [0.1, 0.15) is 10.4 Å². The number of ether oxygens (including phenoxy) is 1. The van der Waals surface area contributed by atoms with E-state index < -0.39 is 4.32 Å². The van der Waals surface area contributed by atoms with Crippen LogP contribution in [0.5, 0.6) is 0 Å². The third-order valence-corrected chi connectivity index (χ3v) is 6.90. The summed E-state index contributed by atoms with van der Waals surface area (Å²) in [6.45, 7) is 13.1. The van der Waals surface area contributed by atoms with E-state index in [4.69, 9.17) is 4.74 Å². The van der Waals surface area contributed by atoms with E-state index in [1.807, 2.05) is 13.8 Å². The van der Waals surface area contributed by atoms with Crippen molar-refractivity contribution in [3.05, 3.63) is 0 Å². The number of esters is 1. The molecular weight excluding hydrogens is 340 g/mol. The minimum Gasteiger partial charge on any atom is -0.461 e. The van der Waals surface area contributed by atoms with E-state index in [2.05, 4.69) is 43.6 Å². The molecule has 3 heteroatoms. The van der Waals surface area contributed by atoms with Crippen molar-refractivity contribution in [1.29, 1.82) is 0 Å². The van der Waals surface area contributed by atoms with Crippen molar-refractivity contribution in [2.24, 2.45) is 34.5 Å². The first-order valence-electron chi connectivity index (χ1n) is 8.84. The minimum atomic E-state index is -0.580. The molecule has 0 aromatic carbocycles. The number of rotatable bonds is 3. The van der Waals surface area contributed by atoms with E-state index in [0.29, 0.717) is 16.7 Å². The molecule has 126 valence electrons. The van der Waals surface area contributed by atoms with Gasteiger partial charge in [0, 0.05) is 0 Å². The molecule has 0 aliphatic heterocycles. The molecule has 22 heavy (non-hydrogen) atoms. The molecule has 0 amide bonds. The average Bonchev–Trinajstić information content (AvgIpc) is 2.91. The maximum absolute atomic E-state index is 12.1. The highest BCUT2D eigenvalue weighted by Crippen LogP contribution is 2.77. The standard InChI is InChI=1S/C19H31BrO2/c1-11(22-16(21)18(5,6)20)12-7-13-9-19(8-12)10-14(19)15(13)17(2,3)4/h11-15H,7-10H2,1-6H3. The second kappa shape index (κ2) is 4.97. The number of alkyl halides is 1. The van der Waals surface area contributed by atoms with Gasteiger partial charge in [-0.2, -0.15) is 0 Å². The molecule has 0 heterocycles. The normalized spacial score (nSPS) is 41.8. The summed E-state index contributed by atoms with van der Waals surface area (Å²) in [7, 11) is 0. The third-order valence-electron chi connectivity index (χ3n) is 6.58. The first-order valence-corrected chi connectivity index (χ1v) is 9.63. The van der Waals surface area contributed by atoms with E-state index in [9.17, 15) is 4.79 Å². The van der Waals surface area contributed by atoms with Crippen molar-refractivity contribution in [2.75, 3.05) is 0 Å². The Balaban J connectivity index is 1.68. The maximum Gasteiger partial charge on any atom is 0.322 e. The van der Waals surface area contributed by atoms with Crippen LogP contribution in [0.4, 0.5) is 0 Å². The lowest BCUT2D eigenvalue weighted by molar-refractivity contribution is -0.154. The number of carbonyl (C=O) groups excluding carboxylic acids is 1. The van der Waals surface area contributed by atoms with E-state index in [0.717, 1.165) is 17.8 Å². The van der Waals surface area contributed by atoms with Gasteiger partial charge < -0.3 is 4.74 Å². The Labute approximate surface area is 143 Å². The predicted molar refractivity (Wildman–Crippen MR) is 92.9 cm³/mol. The van der Waals surface area contributed by atoms with Crippen molar-refractivity contribution < 1.29 is 9.53 Å². The van der Waals surface area contributed by atoms with Gasteiger partial charge in [-0.1, -0.05) is 36.7 Å². The first kappa shape index (κ1) is 16.8. The van der Waals surface area contributed by atoms with Crippen LogP contribution in [0.25, 0.3) is 0 Å². The van der Waals surface area contributed by atoms with Gasteiger partial charge in [0.05, 0.1) is 0 Å². The Kier molecular flexibility index (Phi) is 3.80. The first-order chi connectivity index (χ1) is 9.94. The molecule has 0 N–H and O–H groups in total. The van der Waals surface area contributed by atoms with Gasteiger partial charge in [-0.15, -0.1) is 0 Å². The fourth-order valence-electron chi connectivity index (χ4n) is 5.72. The summed E-state index contributed by atoms with van der Waals surface area (Å²) in [4.78, 5) is 12.1. The quantitative estimate of drug-likeness (QED) is 0.504. The smallest absolute Gasteiger partial charge is 0.322 e. The molecule has 0 saturated heterocycles. The summed E-state index contributed by atoms with van der Waals surface area (Å²) in [5.74, 6) is 3.08. The number of hydrogen-bond acceptors (Lipinski definition) is 2. The minimum absolute atomic E-state index is 0.0453. The van der Waals surface area contributed by atoms with Crippen LogP contribution in [0.3, 0.4) is 0 Å². The Hall–Kier alpha value is -0.0500. The Morgan fingerprint density at radius 1 is 1.18 bits per heavy atom. The van der Waals surface area contributed by atoms with Gasteiger partial charge in [0.15, 0.2) is 0 Å². The number of hydrogen-bond donors (Lipinski definition) is 0. The van der Waals surface area contributed by atoms with Crippen molar-refractivity contribution in [3.63, 3.8) is 0 Å². The lowest BCUT2D eigenvalue weighted by Gasteiger charge is -2.39. The third kappa shape index (κ3) is 2.76. The van der Waals surface area contributed by atoms with Gasteiger partial charge in [0.2, 0.25) is 0 Å². The van der Waals surface area contributed by atoms with E-state index >= 15 is 0 Å². The fourth-order valence-corrected chi connectivity index (χ4v) is 5.81. The highest BCUT2D eigenvalue weighted by atomic mass is 79.9. The molecule has 2 bridgehead atoms. The molecule has 2 nitrogen and oxygen atoms in total. The van der Waals surface area contributed by atoms with Crippen LogP contribution in [0.1, 0.15) is 67.2 Å². The van der Waals surface area contributed by atoms with Gasteiger partial charge in [-0.3, -0.25) is 4.79 Å². The van der Waals surface area contributed by atoms with E-state index in [1.165, 1.54) is 25.7 Å². The zero-order chi connectivity index (χ0) is 16.5. The number of halogens is 1. The monoisotopic (exact) mass is 370 g/mol. The molecule has 3 aliphatic rings. The summed E-state index contributed by atoms with van der Waals surface area (Å²) in [6, 6.07) is 0. The molecule has 3 fully saturated rings. The van der Waals surface area contributed by atoms with Crippen LogP contribution in [-0.4, -0.2) is 16.4 Å². The zero-order valence-corrected chi connectivity index (χ0v) is 16.5. The van der Waals surface area contributed by atoms with Gasteiger partial charge in [-0.25, -0.2) is 0 Å². The van der Waals surface area contributed by atoms with Gasteiger partial charge >= 0.3 is 5.97 Å². The summed E-state index contributed by atoms with van der Waals surface area (Å²) < 4.78 is 5.20. The van der Waals surface area contributed by atoms with Crippen LogP contribution in [-0.2, 0) is 9.53 Å². The summed E-state index contributed by atoms with van der Waals surface area (Å²) >= 11 is 3.41. The lowest BCUT2D eigenvalue weighted by atomic mass is 9.67. The molecule has 0 aromatic rings. The number of carbonyl (C=O) groups is 1. The topological polar surface area (TPSA) is 26.3 Å². The molecule has 0 radical (unpaired) electrons. The molecule has 3 aliphatic carbocycles. The Bertz CT molecular complexity index is 473. The van der Waals surface area contributed by atoms with Crippen molar-refractivity contribution in [2.45, 2.75) is 77.7 Å². The second-order valence-corrected chi connectivity index (χ2v) is 11.8. The summed E-state index contributed by atoms with van der Waals surface area (Å²) in [5.41, 5.74) is 1.02. The maximum atomic E-state index is 12.1. The second-order valence-electron chi connectivity index (χ2n) is 9.81. The SMILES string of the molecule is CC(OC(=O)C(C)(C)Br)C1CC2CC3(C1)CC3C2C(C)(C)C. The van der Waals surface area contributed by atoms with Crippen molar-refractivity contribution in [3.8, 4) is 0 Å². The average molecular weight is 371 g/mol. The van der Waals surface area contributed by atoms with Crippen molar-refractivity contribution in [1.82, 2.24) is 0 Å². The zero-order valence-electron chi connectivity index (χ0n) is 14.9. The van der Waals surface area contributed by atoms with E-state index in [1.54, 1.807) is 0 Å². The largest absolute Gasteiger partial charge is 0.461 e. The highest BCUT2D eigenvalue weighted by molar-refractivity contribution is 9.10. The molecular formula is C19H31BrO2. The lowest BCUT2D eigenvalue weighted by Crippen LogP contribution is -2.37. The molecule has 6 unspecified atom stereocenters.